The van der Waals surface area contributed by atoms with Gasteiger partial charge in [0.1, 0.15) is 5.60 Å². The number of aromatic nitrogens is 2. The van der Waals surface area contributed by atoms with Gasteiger partial charge in [0, 0.05) is 22.9 Å². The Morgan fingerprint density at radius 2 is 2.13 bits per heavy atom. The van der Waals surface area contributed by atoms with Crippen molar-refractivity contribution in [2.45, 2.75) is 39.2 Å². The zero-order chi connectivity index (χ0) is 16.2. The minimum absolute atomic E-state index is 0.0535. The van der Waals surface area contributed by atoms with Crippen LogP contribution in [-0.4, -0.2) is 21.8 Å². The Kier molecular flexibility index (Phi) is 2.86. The van der Waals surface area contributed by atoms with Gasteiger partial charge in [-0.25, -0.2) is 4.79 Å². The highest BCUT2D eigenvalue weighted by atomic mass is 16.6. The molecule has 2 bridgehead atoms. The summed E-state index contributed by atoms with van der Waals surface area (Å²) >= 11 is 0. The van der Waals surface area contributed by atoms with E-state index in [1.807, 2.05) is 24.3 Å². The number of nitrogens with zero attached hydrogens (tertiary/aromatic N) is 1. The molecule has 0 unspecified atom stereocenters. The van der Waals surface area contributed by atoms with Gasteiger partial charge in [-0.2, -0.15) is 5.10 Å². The summed E-state index contributed by atoms with van der Waals surface area (Å²) in [5.74, 6) is 0.734. The molecule has 2 N–H and O–H groups in total. The lowest BCUT2D eigenvalue weighted by atomic mass is 9.69. The molecule has 2 atom stereocenters. The fraction of sp³-hybridized carbons (Fsp3) is 0.444. The van der Waals surface area contributed by atoms with Gasteiger partial charge in [0.2, 0.25) is 0 Å². The topological polar surface area (TPSA) is 67.0 Å². The molecule has 1 aliphatic heterocycles. The average molecular weight is 311 g/mol. The second-order valence-electron chi connectivity index (χ2n) is 7.30. The molecule has 2 aliphatic rings. The van der Waals surface area contributed by atoms with Crippen LogP contribution >= 0.6 is 0 Å². The highest BCUT2D eigenvalue weighted by molar-refractivity contribution is 5.93. The Morgan fingerprint density at radius 3 is 2.96 bits per heavy atom. The minimum atomic E-state index is -0.356. The Labute approximate surface area is 135 Å². The lowest BCUT2D eigenvalue weighted by Crippen LogP contribution is -2.49. The summed E-state index contributed by atoms with van der Waals surface area (Å²) in [6.07, 6.45) is 3.67. The number of anilines is 1. The van der Waals surface area contributed by atoms with E-state index in [1.165, 1.54) is 0 Å². The van der Waals surface area contributed by atoms with Crippen molar-refractivity contribution in [3.8, 4) is 0 Å². The van der Waals surface area contributed by atoms with Crippen molar-refractivity contribution in [3.05, 3.63) is 36.0 Å². The zero-order valence-corrected chi connectivity index (χ0v) is 13.6. The van der Waals surface area contributed by atoms with E-state index < -0.39 is 0 Å². The van der Waals surface area contributed by atoms with Crippen LogP contribution in [0.5, 0.6) is 0 Å². The molecule has 2 heterocycles. The molecule has 2 aromatic rings. The first-order valence-electron chi connectivity index (χ1n) is 8.05. The molecule has 2 fully saturated rings. The standard InChI is InChI=1S/C18H21N3O2/c1-17(2)13-8-9-18(17,3)23-16(22)12(13)10-19-15-11-6-4-5-7-14(11)20-21-15/h4-7,10,13H,8-9H2,1-3H3,(H2,19,20,21)/b12-10-/t13-,18-/m1/s1. The number of hydrogen-bond donors (Lipinski definition) is 2. The zero-order valence-electron chi connectivity index (χ0n) is 13.6. The Bertz CT molecular complexity index is 821. The Morgan fingerprint density at radius 1 is 1.35 bits per heavy atom. The third-order valence-corrected chi connectivity index (χ3v) is 5.91. The quantitative estimate of drug-likeness (QED) is 0.657. The number of rotatable bonds is 2. The fourth-order valence-electron chi connectivity index (χ4n) is 3.98. The van der Waals surface area contributed by atoms with Gasteiger partial charge in [0.15, 0.2) is 5.82 Å². The van der Waals surface area contributed by atoms with E-state index in [2.05, 4.69) is 36.3 Å². The third kappa shape index (κ3) is 1.92. The first-order valence-corrected chi connectivity index (χ1v) is 8.05. The molecular formula is C18H21N3O2. The number of benzene rings is 1. The number of esters is 1. The largest absolute Gasteiger partial charge is 0.455 e. The summed E-state index contributed by atoms with van der Waals surface area (Å²) in [6.45, 7) is 6.43. The van der Waals surface area contributed by atoms with Crippen LogP contribution < -0.4 is 5.32 Å². The number of ether oxygens (including phenoxy) is 1. The van der Waals surface area contributed by atoms with Crippen molar-refractivity contribution in [2.24, 2.45) is 11.3 Å². The van der Waals surface area contributed by atoms with Crippen molar-refractivity contribution in [1.29, 1.82) is 0 Å². The minimum Gasteiger partial charge on any atom is -0.455 e. The van der Waals surface area contributed by atoms with Crippen LogP contribution in [0.4, 0.5) is 5.82 Å². The molecule has 1 saturated heterocycles. The number of nitrogens with one attached hydrogen (secondary N) is 2. The van der Waals surface area contributed by atoms with Crippen LogP contribution in [0.3, 0.4) is 0 Å². The Balaban J connectivity index is 1.67. The number of fused-ring (bicyclic) bond motifs is 3. The first-order chi connectivity index (χ1) is 10.9. The van der Waals surface area contributed by atoms with E-state index in [1.54, 1.807) is 6.20 Å². The van der Waals surface area contributed by atoms with Crippen molar-refractivity contribution in [2.75, 3.05) is 5.32 Å². The Hall–Kier alpha value is -2.30. The fourth-order valence-corrected chi connectivity index (χ4v) is 3.98. The number of H-pyrrole nitrogens is 1. The summed E-state index contributed by atoms with van der Waals surface area (Å²) in [5.41, 5.74) is 1.28. The maximum Gasteiger partial charge on any atom is 0.336 e. The number of hydrogen-bond acceptors (Lipinski definition) is 4. The predicted octanol–water partition coefficient (Wildman–Crippen LogP) is 3.61. The number of carbonyl (C=O) groups excluding carboxylic acids is 1. The van der Waals surface area contributed by atoms with Crippen LogP contribution in [0.1, 0.15) is 33.6 Å². The summed E-state index contributed by atoms with van der Waals surface area (Å²) in [5, 5.41) is 11.5. The number of aromatic amines is 1. The third-order valence-electron chi connectivity index (χ3n) is 5.91. The second-order valence-corrected chi connectivity index (χ2v) is 7.30. The molecule has 0 radical (unpaired) electrons. The van der Waals surface area contributed by atoms with E-state index in [0.717, 1.165) is 35.1 Å². The lowest BCUT2D eigenvalue weighted by Gasteiger charge is -2.45. The highest BCUT2D eigenvalue weighted by Gasteiger charge is 2.60. The van der Waals surface area contributed by atoms with E-state index in [0.29, 0.717) is 0 Å². The van der Waals surface area contributed by atoms with Gasteiger partial charge >= 0.3 is 5.97 Å². The molecule has 5 nitrogen and oxygen atoms in total. The molecule has 1 aliphatic carbocycles. The maximum absolute atomic E-state index is 12.4. The summed E-state index contributed by atoms with van der Waals surface area (Å²) in [4.78, 5) is 12.4. The highest BCUT2D eigenvalue weighted by Crippen LogP contribution is 2.58. The second kappa shape index (κ2) is 4.60. The van der Waals surface area contributed by atoms with Gasteiger partial charge in [0.05, 0.1) is 11.1 Å². The normalized spacial score (nSPS) is 30.7. The maximum atomic E-state index is 12.4. The van der Waals surface area contributed by atoms with Crippen LogP contribution in [-0.2, 0) is 9.53 Å². The predicted molar refractivity (Wildman–Crippen MR) is 88.8 cm³/mol. The molecule has 1 aromatic carbocycles. The van der Waals surface area contributed by atoms with Crippen molar-refractivity contribution in [3.63, 3.8) is 0 Å². The van der Waals surface area contributed by atoms with Crippen LogP contribution in [0.25, 0.3) is 10.9 Å². The van der Waals surface area contributed by atoms with Crippen molar-refractivity contribution < 1.29 is 9.53 Å². The molecule has 0 spiro atoms. The van der Waals surface area contributed by atoms with Gasteiger partial charge in [-0.1, -0.05) is 26.0 Å². The van der Waals surface area contributed by atoms with Gasteiger partial charge in [-0.3, -0.25) is 5.10 Å². The summed E-state index contributed by atoms with van der Waals surface area (Å²) in [6, 6.07) is 7.90. The van der Waals surface area contributed by atoms with E-state index in [4.69, 9.17) is 4.74 Å². The van der Waals surface area contributed by atoms with Crippen LogP contribution in [0.15, 0.2) is 36.0 Å². The van der Waals surface area contributed by atoms with E-state index in [-0.39, 0.29) is 22.9 Å². The van der Waals surface area contributed by atoms with Crippen molar-refractivity contribution in [1.82, 2.24) is 10.2 Å². The summed E-state index contributed by atoms with van der Waals surface area (Å²) < 4.78 is 5.77. The number of para-hydroxylation sites is 1. The molecule has 5 heteroatoms. The molecule has 1 saturated carbocycles. The summed E-state index contributed by atoms with van der Waals surface area (Å²) in [7, 11) is 0. The van der Waals surface area contributed by atoms with Crippen LogP contribution in [0.2, 0.25) is 0 Å². The van der Waals surface area contributed by atoms with Gasteiger partial charge < -0.3 is 10.1 Å². The van der Waals surface area contributed by atoms with Gasteiger partial charge in [-0.05, 0) is 31.9 Å². The van der Waals surface area contributed by atoms with E-state index in [9.17, 15) is 4.79 Å². The first kappa shape index (κ1) is 14.3. The molecule has 120 valence electrons. The van der Waals surface area contributed by atoms with E-state index >= 15 is 0 Å². The molecule has 4 rings (SSSR count). The van der Waals surface area contributed by atoms with Crippen LogP contribution in [0, 0.1) is 11.3 Å². The van der Waals surface area contributed by atoms with Crippen molar-refractivity contribution >= 4 is 22.7 Å². The SMILES string of the molecule is CC1(C)[C@@H]2CC[C@@]1(C)OC(=O)/C2=C\Nc1n[nH]c2ccccc12. The molecule has 23 heavy (non-hydrogen) atoms. The smallest absolute Gasteiger partial charge is 0.336 e. The molecular weight excluding hydrogens is 290 g/mol. The van der Waals surface area contributed by atoms with Gasteiger partial charge in [-0.15, -0.1) is 0 Å². The van der Waals surface area contributed by atoms with Gasteiger partial charge in [0.25, 0.3) is 0 Å². The molecule has 0 amide bonds. The lowest BCUT2D eigenvalue weighted by molar-refractivity contribution is -0.172. The average Bonchev–Trinajstić information content (AvgIpc) is 2.96. The number of carbonyl (C=O) groups is 1. The monoisotopic (exact) mass is 311 g/mol. The molecule has 1 aromatic heterocycles.